The Balaban J connectivity index is 3.01. The van der Waals surface area contributed by atoms with Crippen molar-refractivity contribution in [3.8, 4) is 0 Å². The van der Waals surface area contributed by atoms with Crippen molar-refractivity contribution in [3.63, 3.8) is 0 Å². The number of aromatic amines is 2. The lowest BCUT2D eigenvalue weighted by Crippen LogP contribution is -1.99. The predicted octanol–water partition coefficient (Wildman–Crippen LogP) is 2.29. The Bertz CT molecular complexity index is 616. The second kappa shape index (κ2) is 3.46. The number of hydrogen-bond acceptors (Lipinski definition) is 3. The van der Waals surface area contributed by atoms with Gasteiger partial charge in [0.1, 0.15) is 9.99 Å². The molecule has 0 aliphatic rings. The van der Waals surface area contributed by atoms with Crippen LogP contribution in [0.15, 0.2) is 19.8 Å². The lowest BCUT2D eigenvalue weighted by Gasteiger charge is -1.99. The van der Waals surface area contributed by atoms with E-state index < -0.39 is 10.6 Å². The summed E-state index contributed by atoms with van der Waals surface area (Å²) in [6.45, 7) is 0. The standard InChI is InChI=1S/C7H3Br2N3O3/c8-2-1-3-5(11-7(13)10-3)6(4(2)9)12(14)15/h1H,(H2,10,11,13). The van der Waals surface area contributed by atoms with Gasteiger partial charge >= 0.3 is 11.4 Å². The van der Waals surface area contributed by atoms with E-state index >= 15 is 0 Å². The highest BCUT2D eigenvalue weighted by atomic mass is 79.9. The van der Waals surface area contributed by atoms with Gasteiger partial charge in [-0.2, -0.15) is 0 Å². The van der Waals surface area contributed by atoms with E-state index in [1.165, 1.54) is 0 Å². The minimum absolute atomic E-state index is 0.169. The third kappa shape index (κ3) is 1.59. The van der Waals surface area contributed by atoms with Crippen molar-refractivity contribution >= 4 is 48.6 Å². The van der Waals surface area contributed by atoms with E-state index in [1.807, 2.05) is 0 Å². The number of benzene rings is 1. The molecule has 1 aromatic carbocycles. The summed E-state index contributed by atoms with van der Waals surface area (Å²) in [6.07, 6.45) is 0. The molecule has 0 unspecified atom stereocenters. The molecule has 0 saturated heterocycles. The molecule has 0 aliphatic heterocycles. The zero-order valence-electron chi connectivity index (χ0n) is 7.01. The van der Waals surface area contributed by atoms with Crippen molar-refractivity contribution < 1.29 is 4.92 Å². The molecule has 0 amide bonds. The molecule has 2 N–H and O–H groups in total. The predicted molar refractivity (Wildman–Crippen MR) is 61.0 cm³/mol. The van der Waals surface area contributed by atoms with Crippen LogP contribution in [0.3, 0.4) is 0 Å². The zero-order chi connectivity index (χ0) is 11.2. The molecule has 15 heavy (non-hydrogen) atoms. The number of fused-ring (bicyclic) bond motifs is 1. The Morgan fingerprint density at radius 1 is 1.33 bits per heavy atom. The highest BCUT2D eigenvalue weighted by Crippen LogP contribution is 2.37. The zero-order valence-corrected chi connectivity index (χ0v) is 10.2. The summed E-state index contributed by atoms with van der Waals surface area (Å²) in [5.74, 6) is 0. The van der Waals surface area contributed by atoms with Crippen molar-refractivity contribution in [2.45, 2.75) is 0 Å². The Labute approximate surface area is 99.1 Å². The van der Waals surface area contributed by atoms with Crippen molar-refractivity contribution in [1.82, 2.24) is 9.97 Å². The van der Waals surface area contributed by atoms with Crippen LogP contribution < -0.4 is 5.69 Å². The van der Waals surface area contributed by atoms with E-state index in [9.17, 15) is 14.9 Å². The number of aromatic nitrogens is 2. The van der Waals surface area contributed by atoms with Gasteiger partial charge in [-0.25, -0.2) is 4.79 Å². The molecular formula is C7H3Br2N3O3. The normalized spacial score (nSPS) is 10.8. The van der Waals surface area contributed by atoms with Gasteiger partial charge in [-0.15, -0.1) is 0 Å². The third-order valence-electron chi connectivity index (χ3n) is 1.86. The van der Waals surface area contributed by atoms with E-state index in [0.29, 0.717) is 14.5 Å². The van der Waals surface area contributed by atoms with E-state index in [1.54, 1.807) is 6.07 Å². The van der Waals surface area contributed by atoms with Crippen LogP contribution in [0.4, 0.5) is 5.69 Å². The molecule has 0 radical (unpaired) electrons. The molecule has 2 aromatic rings. The maximum Gasteiger partial charge on any atom is 0.324 e. The fourth-order valence-electron chi connectivity index (χ4n) is 1.28. The van der Waals surface area contributed by atoms with Crippen LogP contribution in [0.25, 0.3) is 11.0 Å². The average molecular weight is 337 g/mol. The van der Waals surface area contributed by atoms with Crippen LogP contribution >= 0.6 is 31.9 Å². The molecule has 1 aromatic heterocycles. The molecule has 6 nitrogen and oxygen atoms in total. The minimum atomic E-state index is -0.555. The van der Waals surface area contributed by atoms with Gasteiger partial charge in [0.2, 0.25) is 0 Å². The topological polar surface area (TPSA) is 91.8 Å². The van der Waals surface area contributed by atoms with Crippen molar-refractivity contribution in [2.75, 3.05) is 0 Å². The van der Waals surface area contributed by atoms with Gasteiger partial charge in [0, 0.05) is 4.47 Å². The first-order valence-corrected chi connectivity index (χ1v) is 5.33. The number of nitro benzene ring substituents is 1. The highest BCUT2D eigenvalue weighted by Gasteiger charge is 2.21. The Morgan fingerprint density at radius 2 is 2.00 bits per heavy atom. The van der Waals surface area contributed by atoms with Gasteiger partial charge in [-0.1, -0.05) is 0 Å². The number of nitrogens with zero attached hydrogens (tertiary/aromatic N) is 1. The quantitative estimate of drug-likeness (QED) is 0.618. The van der Waals surface area contributed by atoms with Crippen molar-refractivity contribution in [1.29, 1.82) is 0 Å². The SMILES string of the molecule is O=c1[nH]c2cc(Br)c(Br)c([N+](=O)[O-])c2[nH]1. The molecule has 8 heteroatoms. The Kier molecular flexibility index (Phi) is 2.39. The fraction of sp³-hybridized carbons (Fsp3) is 0. The Morgan fingerprint density at radius 3 is 2.60 bits per heavy atom. The largest absolute Gasteiger partial charge is 0.324 e. The number of rotatable bonds is 1. The van der Waals surface area contributed by atoms with Gasteiger partial charge in [0.25, 0.3) is 0 Å². The van der Waals surface area contributed by atoms with E-state index in [-0.39, 0.29) is 11.2 Å². The fourth-order valence-corrected chi connectivity index (χ4v) is 2.15. The maximum atomic E-state index is 11.0. The molecule has 1 heterocycles. The molecule has 0 aliphatic carbocycles. The Hall–Kier alpha value is -1.15. The van der Waals surface area contributed by atoms with E-state index in [4.69, 9.17) is 0 Å². The van der Waals surface area contributed by atoms with Crippen LogP contribution in [0, 0.1) is 10.1 Å². The molecule has 0 spiro atoms. The molecule has 0 bridgehead atoms. The van der Waals surface area contributed by atoms with Crippen molar-refractivity contribution in [3.05, 3.63) is 35.6 Å². The molecule has 0 fully saturated rings. The first-order valence-electron chi connectivity index (χ1n) is 3.75. The summed E-state index contributed by atoms with van der Waals surface area (Å²) in [6, 6.07) is 1.59. The second-order valence-corrected chi connectivity index (χ2v) is 4.43. The van der Waals surface area contributed by atoms with Crippen LogP contribution in [0.1, 0.15) is 0 Å². The van der Waals surface area contributed by atoms with Crippen molar-refractivity contribution in [2.24, 2.45) is 0 Å². The number of halogens is 2. The van der Waals surface area contributed by atoms with Gasteiger partial charge in [0.05, 0.1) is 10.4 Å². The van der Waals surface area contributed by atoms with Crippen LogP contribution in [-0.2, 0) is 0 Å². The summed E-state index contributed by atoms with van der Waals surface area (Å²) < 4.78 is 0.812. The maximum absolute atomic E-state index is 11.0. The molecule has 78 valence electrons. The average Bonchev–Trinajstić information content (AvgIpc) is 2.46. The van der Waals surface area contributed by atoms with Gasteiger partial charge in [-0.3, -0.25) is 15.1 Å². The molecular weight excluding hydrogens is 334 g/mol. The summed E-state index contributed by atoms with van der Waals surface area (Å²) in [7, 11) is 0. The summed E-state index contributed by atoms with van der Waals surface area (Å²) in [5, 5.41) is 10.8. The van der Waals surface area contributed by atoms with Gasteiger partial charge in [-0.05, 0) is 37.9 Å². The first kappa shape index (κ1) is 10.4. The first-order chi connectivity index (χ1) is 7.00. The number of hydrogen-bond donors (Lipinski definition) is 2. The van der Waals surface area contributed by atoms with Crippen LogP contribution in [0.2, 0.25) is 0 Å². The summed E-state index contributed by atoms with van der Waals surface area (Å²) in [5.41, 5.74) is -0.0716. The lowest BCUT2D eigenvalue weighted by molar-refractivity contribution is -0.384. The van der Waals surface area contributed by atoms with Gasteiger partial charge < -0.3 is 4.98 Å². The van der Waals surface area contributed by atoms with E-state index in [2.05, 4.69) is 41.8 Å². The monoisotopic (exact) mass is 335 g/mol. The van der Waals surface area contributed by atoms with Gasteiger partial charge in [0.15, 0.2) is 0 Å². The molecule has 0 atom stereocenters. The number of nitrogens with one attached hydrogen (secondary N) is 2. The highest BCUT2D eigenvalue weighted by molar-refractivity contribution is 9.13. The number of nitro groups is 1. The van der Waals surface area contributed by atoms with Crippen LogP contribution in [-0.4, -0.2) is 14.9 Å². The molecule has 2 rings (SSSR count). The molecule has 0 saturated carbocycles. The summed E-state index contributed by atoms with van der Waals surface area (Å²) in [4.78, 5) is 26.1. The number of imidazole rings is 1. The lowest BCUT2D eigenvalue weighted by atomic mass is 10.3. The van der Waals surface area contributed by atoms with E-state index in [0.717, 1.165) is 0 Å². The third-order valence-corrected chi connectivity index (χ3v) is 3.82. The van der Waals surface area contributed by atoms with Crippen LogP contribution in [0.5, 0.6) is 0 Å². The number of H-pyrrole nitrogens is 2. The summed E-state index contributed by atoms with van der Waals surface area (Å²) >= 11 is 6.24. The second-order valence-electron chi connectivity index (χ2n) is 2.78. The smallest absolute Gasteiger partial charge is 0.305 e. The minimum Gasteiger partial charge on any atom is -0.305 e.